The molecule has 1 unspecified atom stereocenters. The summed E-state index contributed by atoms with van der Waals surface area (Å²) in [5.74, 6) is 0.361. The van der Waals surface area contributed by atoms with E-state index in [4.69, 9.17) is 16.3 Å². The molecule has 0 radical (unpaired) electrons. The predicted molar refractivity (Wildman–Crippen MR) is 52.1 cm³/mol. The van der Waals surface area contributed by atoms with Gasteiger partial charge in [0.1, 0.15) is 6.10 Å². The Balaban J connectivity index is 2.29. The lowest BCUT2D eigenvalue weighted by molar-refractivity contribution is 0.0722. The fourth-order valence-electron chi connectivity index (χ4n) is 1.35. The van der Waals surface area contributed by atoms with Gasteiger partial charge in [0.15, 0.2) is 0 Å². The summed E-state index contributed by atoms with van der Waals surface area (Å²) in [6, 6.07) is 0. The van der Waals surface area contributed by atoms with Gasteiger partial charge >= 0.3 is 6.09 Å². The van der Waals surface area contributed by atoms with Crippen LogP contribution < -0.4 is 0 Å². The molecule has 1 heterocycles. The minimum absolute atomic E-state index is 0.184. The molecule has 3 nitrogen and oxygen atoms in total. The summed E-state index contributed by atoms with van der Waals surface area (Å²) in [5, 5.41) is 0. The Morgan fingerprint density at radius 3 is 2.62 bits per heavy atom. The second-order valence-corrected chi connectivity index (χ2v) is 3.70. The molecule has 0 bridgehead atoms. The first-order chi connectivity index (χ1) is 6.24. The van der Waals surface area contributed by atoms with Crippen LogP contribution in [0.1, 0.15) is 26.2 Å². The third kappa shape index (κ3) is 3.43. The van der Waals surface area contributed by atoms with Crippen LogP contribution in [-0.2, 0) is 4.74 Å². The molecule has 1 aliphatic heterocycles. The van der Waals surface area contributed by atoms with Crippen molar-refractivity contribution >= 4 is 17.7 Å². The highest BCUT2D eigenvalue weighted by Crippen LogP contribution is 2.10. The minimum atomic E-state index is -0.215. The summed E-state index contributed by atoms with van der Waals surface area (Å²) in [6.45, 7) is 3.45. The Hall–Kier alpha value is -0.440. The van der Waals surface area contributed by atoms with E-state index in [0.717, 1.165) is 25.9 Å². The molecule has 13 heavy (non-hydrogen) atoms. The van der Waals surface area contributed by atoms with Gasteiger partial charge in [0.2, 0.25) is 0 Å². The molecular formula is C9H16ClNO2. The van der Waals surface area contributed by atoms with E-state index < -0.39 is 0 Å². The van der Waals surface area contributed by atoms with Crippen LogP contribution in [-0.4, -0.2) is 36.1 Å². The van der Waals surface area contributed by atoms with Gasteiger partial charge in [0.05, 0.1) is 5.88 Å². The molecule has 0 spiro atoms. The van der Waals surface area contributed by atoms with Crippen molar-refractivity contribution in [2.75, 3.05) is 19.0 Å². The number of likely N-dealkylation sites (tertiary alicyclic amines) is 1. The lowest BCUT2D eigenvalue weighted by atomic mass is 10.1. The standard InChI is InChI=1S/C9H16ClNO2/c1-8(7-10)13-9(12)11-5-3-2-4-6-11/h8H,2-7H2,1H3. The van der Waals surface area contributed by atoms with Gasteiger partial charge in [-0.1, -0.05) is 0 Å². The summed E-state index contributed by atoms with van der Waals surface area (Å²) in [6.07, 6.45) is 2.99. The van der Waals surface area contributed by atoms with Gasteiger partial charge in [-0.3, -0.25) is 0 Å². The van der Waals surface area contributed by atoms with Crippen molar-refractivity contribution in [1.82, 2.24) is 4.90 Å². The van der Waals surface area contributed by atoms with Gasteiger partial charge in [-0.2, -0.15) is 0 Å². The molecule has 0 aliphatic carbocycles. The van der Waals surface area contributed by atoms with Crippen molar-refractivity contribution < 1.29 is 9.53 Å². The predicted octanol–water partition coefficient (Wildman–Crippen LogP) is 2.24. The van der Waals surface area contributed by atoms with Crippen LogP contribution in [0.2, 0.25) is 0 Å². The van der Waals surface area contributed by atoms with Crippen molar-refractivity contribution in [3.8, 4) is 0 Å². The number of rotatable bonds is 2. The molecular weight excluding hydrogens is 190 g/mol. The number of carbonyl (C=O) groups is 1. The highest BCUT2D eigenvalue weighted by atomic mass is 35.5. The first-order valence-electron chi connectivity index (χ1n) is 4.75. The summed E-state index contributed by atoms with van der Waals surface area (Å²) < 4.78 is 5.09. The second-order valence-electron chi connectivity index (χ2n) is 3.40. The van der Waals surface area contributed by atoms with Crippen molar-refractivity contribution in [2.24, 2.45) is 0 Å². The number of piperidine rings is 1. The molecule has 1 amide bonds. The first kappa shape index (κ1) is 10.6. The molecule has 0 N–H and O–H groups in total. The molecule has 4 heteroatoms. The summed E-state index contributed by atoms with van der Waals surface area (Å²) in [4.78, 5) is 13.2. The van der Waals surface area contributed by atoms with Crippen LogP contribution in [0, 0.1) is 0 Å². The fourth-order valence-corrected chi connectivity index (χ4v) is 1.42. The zero-order valence-electron chi connectivity index (χ0n) is 7.96. The van der Waals surface area contributed by atoms with E-state index in [1.165, 1.54) is 6.42 Å². The molecule has 1 rings (SSSR count). The van der Waals surface area contributed by atoms with E-state index in [1.54, 1.807) is 11.8 Å². The summed E-state index contributed by atoms with van der Waals surface area (Å²) >= 11 is 5.54. The topological polar surface area (TPSA) is 29.5 Å². The molecule has 0 aromatic heterocycles. The fraction of sp³-hybridized carbons (Fsp3) is 0.889. The van der Waals surface area contributed by atoms with Crippen LogP contribution >= 0.6 is 11.6 Å². The Bertz CT molecular complexity index is 169. The Morgan fingerprint density at radius 2 is 2.08 bits per heavy atom. The van der Waals surface area contributed by atoms with Gasteiger partial charge in [-0.25, -0.2) is 4.79 Å². The maximum Gasteiger partial charge on any atom is 0.410 e. The van der Waals surface area contributed by atoms with E-state index in [9.17, 15) is 4.79 Å². The van der Waals surface area contributed by atoms with Gasteiger partial charge in [-0.15, -0.1) is 11.6 Å². The monoisotopic (exact) mass is 205 g/mol. The first-order valence-corrected chi connectivity index (χ1v) is 5.29. The van der Waals surface area contributed by atoms with Gasteiger partial charge < -0.3 is 9.64 Å². The number of ether oxygens (including phenoxy) is 1. The summed E-state index contributed by atoms with van der Waals surface area (Å²) in [5.41, 5.74) is 0. The Kier molecular flexibility index (Phi) is 4.36. The van der Waals surface area contributed by atoms with Crippen LogP contribution in [0.5, 0.6) is 0 Å². The van der Waals surface area contributed by atoms with Crippen molar-refractivity contribution in [3.05, 3.63) is 0 Å². The van der Waals surface area contributed by atoms with Crippen LogP contribution in [0.3, 0.4) is 0 Å². The second kappa shape index (κ2) is 5.32. The van der Waals surface area contributed by atoms with E-state index in [0.29, 0.717) is 5.88 Å². The normalized spacial score (nSPS) is 19.7. The molecule has 0 saturated carbocycles. The molecule has 1 atom stereocenters. The zero-order chi connectivity index (χ0) is 9.68. The smallest absolute Gasteiger partial charge is 0.410 e. The number of alkyl halides is 1. The molecule has 0 aromatic rings. The van der Waals surface area contributed by atoms with E-state index >= 15 is 0 Å². The Labute approximate surface area is 84.0 Å². The average Bonchev–Trinajstić information content (AvgIpc) is 2.19. The number of amides is 1. The molecule has 1 fully saturated rings. The maximum absolute atomic E-state index is 11.4. The molecule has 0 aromatic carbocycles. The Morgan fingerprint density at radius 1 is 1.46 bits per heavy atom. The highest BCUT2D eigenvalue weighted by molar-refractivity contribution is 6.18. The maximum atomic E-state index is 11.4. The van der Waals surface area contributed by atoms with E-state index in [2.05, 4.69) is 0 Å². The van der Waals surface area contributed by atoms with E-state index in [1.807, 2.05) is 0 Å². The van der Waals surface area contributed by atoms with Crippen LogP contribution in [0.25, 0.3) is 0 Å². The number of nitrogens with zero attached hydrogens (tertiary/aromatic N) is 1. The van der Waals surface area contributed by atoms with Crippen molar-refractivity contribution in [1.29, 1.82) is 0 Å². The lowest BCUT2D eigenvalue weighted by Gasteiger charge is -2.26. The zero-order valence-corrected chi connectivity index (χ0v) is 8.72. The van der Waals surface area contributed by atoms with Crippen molar-refractivity contribution in [3.63, 3.8) is 0 Å². The quantitative estimate of drug-likeness (QED) is 0.648. The van der Waals surface area contributed by atoms with Crippen LogP contribution in [0.15, 0.2) is 0 Å². The largest absolute Gasteiger partial charge is 0.445 e. The minimum Gasteiger partial charge on any atom is -0.445 e. The van der Waals surface area contributed by atoms with E-state index in [-0.39, 0.29) is 12.2 Å². The molecule has 1 saturated heterocycles. The molecule has 76 valence electrons. The highest BCUT2D eigenvalue weighted by Gasteiger charge is 2.19. The number of carbonyl (C=O) groups excluding carboxylic acids is 1. The summed E-state index contributed by atoms with van der Waals surface area (Å²) in [7, 11) is 0. The average molecular weight is 206 g/mol. The van der Waals surface area contributed by atoms with Crippen molar-refractivity contribution in [2.45, 2.75) is 32.3 Å². The number of halogens is 1. The van der Waals surface area contributed by atoms with Gasteiger partial charge in [0.25, 0.3) is 0 Å². The van der Waals surface area contributed by atoms with Gasteiger partial charge in [0, 0.05) is 13.1 Å². The molecule has 1 aliphatic rings. The third-order valence-electron chi connectivity index (χ3n) is 2.13. The number of hydrogen-bond donors (Lipinski definition) is 0. The SMILES string of the molecule is CC(CCl)OC(=O)N1CCCCC1. The number of hydrogen-bond acceptors (Lipinski definition) is 2. The lowest BCUT2D eigenvalue weighted by Crippen LogP contribution is -2.37. The third-order valence-corrected chi connectivity index (χ3v) is 2.57. The van der Waals surface area contributed by atoms with Crippen LogP contribution in [0.4, 0.5) is 4.79 Å². The van der Waals surface area contributed by atoms with Gasteiger partial charge in [-0.05, 0) is 26.2 Å².